The van der Waals surface area contributed by atoms with E-state index in [0.29, 0.717) is 5.25 Å². The van der Waals surface area contributed by atoms with Gasteiger partial charge in [0.2, 0.25) is 0 Å². The van der Waals surface area contributed by atoms with Gasteiger partial charge < -0.3 is 4.52 Å². The third kappa shape index (κ3) is 4.61. The molecule has 2 heterocycles. The van der Waals surface area contributed by atoms with E-state index in [-0.39, 0.29) is 0 Å². The van der Waals surface area contributed by atoms with Gasteiger partial charge in [0, 0.05) is 42.4 Å². The van der Waals surface area contributed by atoms with Crippen LogP contribution < -0.4 is 0 Å². The second-order valence-corrected chi connectivity index (χ2v) is 6.28. The van der Waals surface area contributed by atoms with Crippen molar-refractivity contribution < 1.29 is 4.52 Å². The lowest BCUT2D eigenvalue weighted by Crippen LogP contribution is -2.17. The zero-order valence-corrected chi connectivity index (χ0v) is 12.9. The van der Waals surface area contributed by atoms with Gasteiger partial charge in [-0.2, -0.15) is 0 Å². The van der Waals surface area contributed by atoms with E-state index in [1.165, 1.54) is 0 Å². The predicted molar refractivity (Wildman–Crippen MR) is 79.3 cm³/mol. The van der Waals surface area contributed by atoms with Crippen molar-refractivity contribution in [1.82, 2.24) is 20.0 Å². The summed E-state index contributed by atoms with van der Waals surface area (Å²) in [5, 5.41) is 5.30. The fourth-order valence-corrected chi connectivity index (χ4v) is 2.47. The van der Waals surface area contributed by atoms with E-state index in [2.05, 4.69) is 33.9 Å². The van der Waals surface area contributed by atoms with Crippen LogP contribution in [0, 0.1) is 0 Å². The first-order valence-electron chi connectivity index (χ1n) is 6.72. The average molecular weight is 292 g/mol. The summed E-state index contributed by atoms with van der Waals surface area (Å²) >= 11 is 1.72. The standard InChI is InChI=1S/C14H20N4OS/c1-4-11(2)20-14-15-7-12(8-16-14)9-18(3)10-13-5-6-19-17-13/h5-8,11H,4,9-10H2,1-3H3/t11-/m1/s1. The topological polar surface area (TPSA) is 55.1 Å². The highest BCUT2D eigenvalue weighted by molar-refractivity contribution is 7.99. The van der Waals surface area contributed by atoms with Crippen molar-refractivity contribution in [2.24, 2.45) is 0 Å². The van der Waals surface area contributed by atoms with E-state index in [1.54, 1.807) is 18.0 Å². The number of hydrogen-bond donors (Lipinski definition) is 0. The minimum atomic E-state index is 0.552. The van der Waals surface area contributed by atoms with Crippen molar-refractivity contribution in [3.8, 4) is 0 Å². The van der Waals surface area contributed by atoms with E-state index in [0.717, 1.165) is 35.9 Å². The fraction of sp³-hybridized carbons (Fsp3) is 0.500. The van der Waals surface area contributed by atoms with Crippen LogP contribution in [0.3, 0.4) is 0 Å². The SMILES string of the molecule is CC[C@@H](C)Sc1ncc(CN(C)Cc2ccon2)cn1. The summed E-state index contributed by atoms with van der Waals surface area (Å²) in [6.45, 7) is 5.90. The van der Waals surface area contributed by atoms with Gasteiger partial charge in [-0.05, 0) is 13.5 Å². The summed E-state index contributed by atoms with van der Waals surface area (Å²) in [4.78, 5) is 11.0. The summed E-state index contributed by atoms with van der Waals surface area (Å²) in [6, 6.07) is 1.87. The summed E-state index contributed by atoms with van der Waals surface area (Å²) in [5.41, 5.74) is 2.03. The van der Waals surface area contributed by atoms with Gasteiger partial charge in [-0.1, -0.05) is 30.8 Å². The predicted octanol–water partition coefficient (Wildman–Crippen LogP) is 2.99. The molecule has 2 aromatic heterocycles. The molecule has 0 N–H and O–H groups in total. The summed E-state index contributed by atoms with van der Waals surface area (Å²) in [6.07, 6.45) is 6.51. The van der Waals surface area contributed by atoms with E-state index in [4.69, 9.17) is 4.52 Å². The van der Waals surface area contributed by atoms with Gasteiger partial charge in [-0.3, -0.25) is 4.90 Å². The molecule has 0 amide bonds. The Balaban J connectivity index is 1.86. The van der Waals surface area contributed by atoms with Gasteiger partial charge in [0.25, 0.3) is 0 Å². The Labute approximate surface area is 123 Å². The molecule has 0 aromatic carbocycles. The third-order valence-corrected chi connectivity index (χ3v) is 4.10. The van der Waals surface area contributed by atoms with Gasteiger partial charge >= 0.3 is 0 Å². The molecule has 20 heavy (non-hydrogen) atoms. The molecule has 0 saturated heterocycles. The molecular weight excluding hydrogens is 272 g/mol. The Hall–Kier alpha value is -1.40. The van der Waals surface area contributed by atoms with Crippen LogP contribution in [0.1, 0.15) is 31.5 Å². The molecule has 0 radical (unpaired) electrons. The maximum atomic E-state index is 4.82. The van der Waals surface area contributed by atoms with E-state index in [1.807, 2.05) is 25.5 Å². The molecule has 0 spiro atoms. The molecule has 1 atom stereocenters. The Morgan fingerprint density at radius 1 is 1.30 bits per heavy atom. The maximum Gasteiger partial charge on any atom is 0.187 e. The highest BCUT2D eigenvalue weighted by Crippen LogP contribution is 2.20. The first-order valence-corrected chi connectivity index (χ1v) is 7.60. The van der Waals surface area contributed by atoms with Gasteiger partial charge in [-0.25, -0.2) is 9.97 Å². The Bertz CT molecular complexity index is 500. The van der Waals surface area contributed by atoms with Crippen molar-refractivity contribution in [3.05, 3.63) is 36.0 Å². The van der Waals surface area contributed by atoms with Gasteiger partial charge in [0.15, 0.2) is 5.16 Å². The van der Waals surface area contributed by atoms with Crippen molar-refractivity contribution in [2.75, 3.05) is 7.05 Å². The summed E-state index contributed by atoms with van der Waals surface area (Å²) < 4.78 is 4.82. The zero-order chi connectivity index (χ0) is 14.4. The molecule has 6 heteroatoms. The van der Waals surface area contributed by atoms with Crippen molar-refractivity contribution in [3.63, 3.8) is 0 Å². The smallest absolute Gasteiger partial charge is 0.187 e. The van der Waals surface area contributed by atoms with E-state index < -0.39 is 0 Å². The molecule has 0 unspecified atom stereocenters. The van der Waals surface area contributed by atoms with Crippen LogP contribution in [0.25, 0.3) is 0 Å². The molecular formula is C14H20N4OS. The monoisotopic (exact) mass is 292 g/mol. The fourth-order valence-electron chi connectivity index (χ4n) is 1.71. The van der Waals surface area contributed by atoms with Gasteiger partial charge in [-0.15, -0.1) is 0 Å². The minimum Gasteiger partial charge on any atom is -0.364 e. The van der Waals surface area contributed by atoms with Crippen LogP contribution in [0.15, 0.2) is 34.4 Å². The number of aromatic nitrogens is 3. The number of nitrogens with zero attached hydrogens (tertiary/aromatic N) is 4. The Morgan fingerprint density at radius 2 is 2.05 bits per heavy atom. The lowest BCUT2D eigenvalue weighted by Gasteiger charge is -2.14. The number of rotatable bonds is 7. The second-order valence-electron chi connectivity index (χ2n) is 4.87. The molecule has 2 rings (SSSR count). The van der Waals surface area contributed by atoms with Crippen LogP contribution in [0.2, 0.25) is 0 Å². The van der Waals surface area contributed by atoms with Crippen LogP contribution in [-0.2, 0) is 13.1 Å². The van der Waals surface area contributed by atoms with E-state index in [9.17, 15) is 0 Å². The van der Waals surface area contributed by atoms with Crippen LogP contribution in [0.4, 0.5) is 0 Å². The molecule has 0 bridgehead atoms. The normalized spacial score (nSPS) is 12.8. The third-order valence-electron chi connectivity index (χ3n) is 2.94. The number of hydrogen-bond acceptors (Lipinski definition) is 6. The highest BCUT2D eigenvalue weighted by atomic mass is 32.2. The quantitative estimate of drug-likeness (QED) is 0.577. The molecule has 2 aromatic rings. The number of thioether (sulfide) groups is 1. The van der Waals surface area contributed by atoms with Crippen LogP contribution in [0.5, 0.6) is 0 Å². The van der Waals surface area contributed by atoms with Gasteiger partial charge in [0.1, 0.15) is 6.26 Å². The molecule has 5 nitrogen and oxygen atoms in total. The lowest BCUT2D eigenvalue weighted by atomic mass is 10.3. The molecule has 0 aliphatic rings. The minimum absolute atomic E-state index is 0.552. The molecule has 0 aliphatic heterocycles. The average Bonchev–Trinajstić information content (AvgIpc) is 2.93. The molecule has 108 valence electrons. The van der Waals surface area contributed by atoms with Crippen molar-refractivity contribution in [1.29, 1.82) is 0 Å². The van der Waals surface area contributed by atoms with Crippen LogP contribution in [-0.4, -0.2) is 32.3 Å². The van der Waals surface area contributed by atoms with Crippen molar-refractivity contribution in [2.45, 2.75) is 43.8 Å². The lowest BCUT2D eigenvalue weighted by molar-refractivity contribution is 0.302. The zero-order valence-electron chi connectivity index (χ0n) is 12.1. The first-order chi connectivity index (χ1) is 9.67. The van der Waals surface area contributed by atoms with E-state index >= 15 is 0 Å². The highest BCUT2D eigenvalue weighted by Gasteiger charge is 2.07. The van der Waals surface area contributed by atoms with Gasteiger partial charge in [0.05, 0.1) is 5.69 Å². The molecule has 0 saturated carbocycles. The van der Waals surface area contributed by atoms with Crippen LogP contribution >= 0.6 is 11.8 Å². The summed E-state index contributed by atoms with van der Waals surface area (Å²) in [5.74, 6) is 0. The second kappa shape index (κ2) is 7.40. The Morgan fingerprint density at radius 3 is 2.65 bits per heavy atom. The maximum absolute atomic E-state index is 4.82. The molecule has 0 fully saturated rings. The largest absolute Gasteiger partial charge is 0.364 e. The first kappa shape index (κ1) is 15.0. The molecule has 0 aliphatic carbocycles. The Kier molecular flexibility index (Phi) is 5.55. The summed E-state index contributed by atoms with van der Waals surface area (Å²) in [7, 11) is 2.04. The van der Waals surface area contributed by atoms with Crippen molar-refractivity contribution >= 4 is 11.8 Å².